The first-order valence-corrected chi connectivity index (χ1v) is 12.1. The normalized spacial score (nSPS) is 12.1. The minimum atomic E-state index is -3.55. The summed E-state index contributed by atoms with van der Waals surface area (Å²) in [6, 6.07) is 10.2. The number of benzene rings is 2. The van der Waals surface area contributed by atoms with E-state index in [0.717, 1.165) is 25.6 Å². The highest BCUT2D eigenvalue weighted by Crippen LogP contribution is 2.32. The Bertz CT molecular complexity index is 1200. The third kappa shape index (κ3) is 4.95. The number of carbonyl (C=O) groups is 1. The molecule has 7 nitrogen and oxygen atoms in total. The van der Waals surface area contributed by atoms with Crippen LogP contribution in [-0.4, -0.2) is 69.8 Å². The van der Waals surface area contributed by atoms with Crippen LogP contribution in [0, 0.1) is 13.8 Å². The molecule has 0 aliphatic carbocycles. The summed E-state index contributed by atoms with van der Waals surface area (Å²) in [5.74, 6) is -0.205. The molecule has 3 aromatic rings. The van der Waals surface area contributed by atoms with Gasteiger partial charge >= 0.3 is 0 Å². The molecule has 0 radical (unpaired) electrons. The van der Waals surface area contributed by atoms with Crippen molar-refractivity contribution in [3.05, 3.63) is 53.1 Å². The predicted octanol–water partition coefficient (Wildman–Crippen LogP) is 3.37. The number of sulfonamides is 1. The molecule has 0 fully saturated rings. The lowest BCUT2D eigenvalue weighted by Crippen LogP contribution is -2.36. The molecular weight excluding hydrogens is 432 g/mol. The SMILES string of the molecule is Cc1cc(C)c2nc(N(CCN(C)C)C(=O)c3ccc(S(=O)(=O)N(C)C)cc3)sc2c1. The molecule has 0 aliphatic heterocycles. The van der Waals surface area contributed by atoms with E-state index in [4.69, 9.17) is 4.98 Å². The molecule has 1 aromatic heterocycles. The predicted molar refractivity (Wildman–Crippen MR) is 127 cm³/mol. The Labute approximate surface area is 188 Å². The van der Waals surface area contributed by atoms with E-state index in [1.165, 1.54) is 37.6 Å². The summed E-state index contributed by atoms with van der Waals surface area (Å²) in [5, 5.41) is 0.639. The van der Waals surface area contributed by atoms with Crippen LogP contribution in [0.2, 0.25) is 0 Å². The van der Waals surface area contributed by atoms with E-state index in [9.17, 15) is 13.2 Å². The molecule has 2 aromatic carbocycles. The highest BCUT2D eigenvalue weighted by atomic mass is 32.2. The summed E-state index contributed by atoms with van der Waals surface area (Å²) in [7, 11) is 3.32. The Hall–Kier alpha value is -2.33. The van der Waals surface area contributed by atoms with E-state index in [0.29, 0.717) is 23.8 Å². The number of carbonyl (C=O) groups excluding carboxylic acids is 1. The van der Waals surface area contributed by atoms with Crippen LogP contribution in [0.4, 0.5) is 5.13 Å². The van der Waals surface area contributed by atoms with E-state index in [-0.39, 0.29) is 10.8 Å². The van der Waals surface area contributed by atoms with E-state index in [1.807, 2.05) is 32.8 Å². The van der Waals surface area contributed by atoms with Crippen molar-refractivity contribution >= 4 is 42.6 Å². The van der Waals surface area contributed by atoms with Gasteiger partial charge in [0.05, 0.1) is 15.1 Å². The molecule has 0 spiro atoms. The second kappa shape index (κ2) is 9.04. The molecule has 0 saturated heterocycles. The summed E-state index contributed by atoms with van der Waals surface area (Å²) in [6.07, 6.45) is 0. The Morgan fingerprint density at radius 2 is 1.65 bits per heavy atom. The van der Waals surface area contributed by atoms with Crippen LogP contribution in [0.25, 0.3) is 10.2 Å². The molecule has 0 atom stereocenters. The Kier molecular flexibility index (Phi) is 6.80. The summed E-state index contributed by atoms with van der Waals surface area (Å²) >= 11 is 1.49. The maximum Gasteiger partial charge on any atom is 0.260 e. The molecule has 166 valence electrons. The van der Waals surface area contributed by atoms with Gasteiger partial charge in [-0.3, -0.25) is 9.69 Å². The van der Waals surface area contributed by atoms with Gasteiger partial charge in [0.15, 0.2) is 5.13 Å². The number of fused-ring (bicyclic) bond motifs is 1. The summed E-state index contributed by atoms with van der Waals surface area (Å²) in [6.45, 7) is 5.22. The van der Waals surface area contributed by atoms with Crippen molar-refractivity contribution in [3.63, 3.8) is 0 Å². The molecule has 0 N–H and O–H groups in total. The van der Waals surface area contributed by atoms with Crippen LogP contribution >= 0.6 is 11.3 Å². The van der Waals surface area contributed by atoms with Crippen LogP contribution in [0.1, 0.15) is 21.5 Å². The van der Waals surface area contributed by atoms with Crippen LogP contribution in [-0.2, 0) is 10.0 Å². The zero-order chi connectivity index (χ0) is 22.9. The van der Waals surface area contributed by atoms with Crippen molar-refractivity contribution in [1.29, 1.82) is 0 Å². The fraction of sp³-hybridized carbons (Fsp3) is 0.364. The fourth-order valence-electron chi connectivity index (χ4n) is 3.19. The van der Waals surface area contributed by atoms with Gasteiger partial charge in [-0.15, -0.1) is 0 Å². The van der Waals surface area contributed by atoms with Gasteiger partial charge < -0.3 is 4.90 Å². The van der Waals surface area contributed by atoms with Gasteiger partial charge in [0.1, 0.15) is 0 Å². The molecular formula is C22H28N4O3S2. The number of likely N-dealkylation sites (N-methyl/N-ethyl adjacent to an activating group) is 1. The third-order valence-electron chi connectivity index (χ3n) is 4.95. The molecule has 9 heteroatoms. The molecule has 0 aliphatic rings. The minimum absolute atomic E-state index is 0.153. The average molecular weight is 461 g/mol. The number of hydrogen-bond acceptors (Lipinski definition) is 6. The van der Waals surface area contributed by atoms with Gasteiger partial charge in [0.25, 0.3) is 5.91 Å². The molecule has 0 bridgehead atoms. The largest absolute Gasteiger partial charge is 0.308 e. The summed E-state index contributed by atoms with van der Waals surface area (Å²) in [4.78, 5) is 22.0. The minimum Gasteiger partial charge on any atom is -0.308 e. The molecule has 3 rings (SSSR count). The maximum absolute atomic E-state index is 13.4. The van der Waals surface area contributed by atoms with Crippen LogP contribution in [0.15, 0.2) is 41.3 Å². The Balaban J connectivity index is 1.99. The molecule has 0 saturated carbocycles. The molecule has 1 amide bonds. The van der Waals surface area contributed by atoms with Gasteiger partial charge in [-0.2, -0.15) is 0 Å². The molecule has 1 heterocycles. The lowest BCUT2D eigenvalue weighted by atomic mass is 10.1. The van der Waals surface area contributed by atoms with E-state index < -0.39 is 10.0 Å². The van der Waals surface area contributed by atoms with Crippen molar-refractivity contribution in [2.45, 2.75) is 18.7 Å². The summed E-state index contributed by atoms with van der Waals surface area (Å²) in [5.41, 5.74) is 3.56. The fourth-order valence-corrected chi connectivity index (χ4v) is 5.26. The van der Waals surface area contributed by atoms with Gasteiger partial charge in [-0.05, 0) is 69.4 Å². The number of nitrogens with zero attached hydrogens (tertiary/aromatic N) is 4. The average Bonchev–Trinajstić information content (AvgIpc) is 3.11. The van der Waals surface area contributed by atoms with Gasteiger partial charge in [0, 0.05) is 32.7 Å². The highest BCUT2D eigenvalue weighted by molar-refractivity contribution is 7.89. The topological polar surface area (TPSA) is 73.8 Å². The maximum atomic E-state index is 13.4. The van der Waals surface area contributed by atoms with E-state index in [2.05, 4.69) is 12.1 Å². The number of anilines is 1. The highest BCUT2D eigenvalue weighted by Gasteiger charge is 2.23. The summed E-state index contributed by atoms with van der Waals surface area (Å²) < 4.78 is 26.8. The van der Waals surface area contributed by atoms with Gasteiger partial charge in [-0.1, -0.05) is 17.4 Å². The monoisotopic (exact) mass is 460 g/mol. The standard InChI is InChI=1S/C22H28N4O3S2/c1-15-13-16(2)20-19(14-15)30-22(23-20)26(12-11-24(3)4)21(27)17-7-9-18(10-8-17)31(28,29)25(5)6/h7-10,13-14H,11-12H2,1-6H3. The number of amides is 1. The zero-order valence-corrected chi connectivity index (χ0v) is 20.3. The van der Waals surface area contributed by atoms with Crippen LogP contribution < -0.4 is 4.90 Å². The third-order valence-corrected chi connectivity index (χ3v) is 7.80. The first-order valence-electron chi connectivity index (χ1n) is 9.87. The number of aryl methyl sites for hydroxylation is 2. The number of rotatable bonds is 7. The van der Waals surface area contributed by atoms with Crippen molar-refractivity contribution < 1.29 is 13.2 Å². The zero-order valence-electron chi connectivity index (χ0n) is 18.7. The van der Waals surface area contributed by atoms with Crippen LogP contribution in [0.3, 0.4) is 0 Å². The first kappa shape index (κ1) is 23.3. The van der Waals surface area contributed by atoms with E-state index >= 15 is 0 Å². The Morgan fingerprint density at radius 1 is 1.00 bits per heavy atom. The van der Waals surface area contributed by atoms with Crippen molar-refractivity contribution in [1.82, 2.24) is 14.2 Å². The van der Waals surface area contributed by atoms with E-state index in [1.54, 1.807) is 17.0 Å². The second-order valence-corrected chi connectivity index (χ2v) is 11.2. The van der Waals surface area contributed by atoms with Gasteiger partial charge in [-0.25, -0.2) is 17.7 Å². The second-order valence-electron chi connectivity index (χ2n) is 8.00. The number of aromatic nitrogens is 1. The number of hydrogen-bond donors (Lipinski definition) is 0. The first-order chi connectivity index (χ1) is 14.5. The number of thiazole rings is 1. The van der Waals surface area contributed by atoms with Crippen LogP contribution in [0.5, 0.6) is 0 Å². The lowest BCUT2D eigenvalue weighted by molar-refractivity contribution is 0.0985. The van der Waals surface area contributed by atoms with Crippen molar-refractivity contribution in [3.8, 4) is 0 Å². The smallest absolute Gasteiger partial charge is 0.260 e. The van der Waals surface area contributed by atoms with Crippen molar-refractivity contribution in [2.75, 3.05) is 46.2 Å². The van der Waals surface area contributed by atoms with Crippen molar-refractivity contribution in [2.24, 2.45) is 0 Å². The quantitative estimate of drug-likeness (QED) is 0.540. The molecule has 0 unspecified atom stereocenters. The van der Waals surface area contributed by atoms with Gasteiger partial charge in [0.2, 0.25) is 10.0 Å². The Morgan fingerprint density at radius 3 is 2.23 bits per heavy atom. The lowest BCUT2D eigenvalue weighted by Gasteiger charge is -2.22. The molecule has 31 heavy (non-hydrogen) atoms.